The van der Waals surface area contributed by atoms with E-state index in [4.69, 9.17) is 0 Å². The third kappa shape index (κ3) is 5.66. The van der Waals surface area contributed by atoms with Gasteiger partial charge in [0.15, 0.2) is 0 Å². The average molecular weight is 471 g/mol. The summed E-state index contributed by atoms with van der Waals surface area (Å²) in [4.78, 5) is 16.9. The maximum atomic E-state index is 13.1. The minimum atomic E-state index is -3.65. The van der Waals surface area contributed by atoms with Gasteiger partial charge in [-0.15, -0.1) is 0 Å². The Morgan fingerprint density at radius 1 is 1.06 bits per heavy atom. The Bertz CT molecular complexity index is 1170. The highest BCUT2D eigenvalue weighted by atomic mass is 32.2. The van der Waals surface area contributed by atoms with Gasteiger partial charge in [-0.2, -0.15) is 0 Å². The van der Waals surface area contributed by atoms with Crippen molar-refractivity contribution in [3.63, 3.8) is 0 Å². The molecule has 4 rings (SSSR count). The maximum Gasteiger partial charge on any atom is 0.240 e. The van der Waals surface area contributed by atoms with Crippen LogP contribution in [0.3, 0.4) is 0 Å². The van der Waals surface area contributed by atoms with Crippen molar-refractivity contribution in [3.8, 4) is 5.69 Å². The summed E-state index contributed by atoms with van der Waals surface area (Å²) in [6.07, 6.45) is 7.49. The van der Waals surface area contributed by atoms with Crippen LogP contribution in [-0.2, 0) is 14.8 Å². The third-order valence-corrected chi connectivity index (χ3v) is 7.63. The van der Waals surface area contributed by atoms with Crippen LogP contribution in [0.5, 0.6) is 0 Å². The second-order valence-electron chi connectivity index (χ2n) is 8.42. The monoisotopic (exact) mass is 470 g/mol. The smallest absolute Gasteiger partial charge is 0.240 e. The number of nitrogens with one attached hydrogen (secondary N) is 2. The standard InChI is InChI=1S/C24H27FN4O3S/c1-17(18-2-6-20(25)7-3-18)27-24(30)19-4-8-21(9-5-19)28-33(31,32)23-12-10-22(11-13-23)29-15-14-26-16-29/h2-3,6-7,10-17,19,21,28H,4-5,8-9H2,1H3,(H,27,30)/t17-,19?,21?/m1/s1. The average Bonchev–Trinajstić information content (AvgIpc) is 3.35. The molecule has 174 valence electrons. The second-order valence-corrected chi connectivity index (χ2v) is 10.1. The first-order valence-corrected chi connectivity index (χ1v) is 12.5. The summed E-state index contributed by atoms with van der Waals surface area (Å²) in [6, 6.07) is 12.3. The SMILES string of the molecule is C[C@@H](NC(=O)C1CCC(NS(=O)(=O)c2ccc(-n3ccnc3)cc2)CC1)c1ccc(F)cc1. The van der Waals surface area contributed by atoms with Crippen molar-refractivity contribution >= 4 is 15.9 Å². The second kappa shape index (κ2) is 9.84. The van der Waals surface area contributed by atoms with Crippen molar-refractivity contribution in [2.75, 3.05) is 0 Å². The molecule has 1 aliphatic carbocycles. The number of hydrogen-bond acceptors (Lipinski definition) is 4. The number of amides is 1. The van der Waals surface area contributed by atoms with E-state index in [-0.39, 0.29) is 34.6 Å². The Kier molecular flexibility index (Phi) is 6.90. The fourth-order valence-corrected chi connectivity index (χ4v) is 5.44. The van der Waals surface area contributed by atoms with Crippen LogP contribution in [0.25, 0.3) is 5.69 Å². The van der Waals surface area contributed by atoms with E-state index < -0.39 is 10.0 Å². The highest BCUT2D eigenvalue weighted by molar-refractivity contribution is 7.89. The van der Waals surface area contributed by atoms with E-state index in [9.17, 15) is 17.6 Å². The summed E-state index contributed by atoms with van der Waals surface area (Å²) < 4.78 is 43.3. The van der Waals surface area contributed by atoms with Gasteiger partial charge in [0, 0.05) is 30.0 Å². The molecular weight excluding hydrogens is 443 g/mol. The highest BCUT2D eigenvalue weighted by Crippen LogP contribution is 2.27. The van der Waals surface area contributed by atoms with Gasteiger partial charge in [0.2, 0.25) is 15.9 Å². The molecule has 0 saturated heterocycles. The van der Waals surface area contributed by atoms with E-state index in [1.54, 1.807) is 59.7 Å². The first-order chi connectivity index (χ1) is 15.8. The van der Waals surface area contributed by atoms with E-state index in [2.05, 4.69) is 15.0 Å². The number of carbonyl (C=O) groups excluding carboxylic acids is 1. The van der Waals surface area contributed by atoms with Crippen molar-refractivity contribution in [2.24, 2.45) is 5.92 Å². The third-order valence-electron chi connectivity index (χ3n) is 6.10. The fourth-order valence-electron chi connectivity index (χ4n) is 4.14. The summed E-state index contributed by atoms with van der Waals surface area (Å²) in [5.41, 5.74) is 1.66. The molecule has 1 atom stereocenters. The van der Waals surface area contributed by atoms with Crippen LogP contribution in [0.2, 0.25) is 0 Å². The quantitative estimate of drug-likeness (QED) is 0.550. The molecule has 0 aliphatic heterocycles. The minimum absolute atomic E-state index is 0.0526. The molecule has 3 aromatic rings. The van der Waals surface area contributed by atoms with Crippen LogP contribution in [0.1, 0.15) is 44.2 Å². The normalized spacial score (nSPS) is 19.7. The lowest BCUT2D eigenvalue weighted by Crippen LogP contribution is -2.41. The van der Waals surface area contributed by atoms with E-state index in [1.807, 2.05) is 6.92 Å². The molecule has 0 spiro atoms. The Balaban J connectivity index is 1.29. The molecule has 33 heavy (non-hydrogen) atoms. The summed E-state index contributed by atoms with van der Waals surface area (Å²) >= 11 is 0. The maximum absolute atomic E-state index is 13.1. The predicted octanol–water partition coefficient (Wildman–Crippen LogP) is 3.73. The zero-order chi connectivity index (χ0) is 23.4. The molecule has 0 unspecified atom stereocenters. The Morgan fingerprint density at radius 3 is 2.33 bits per heavy atom. The zero-order valence-electron chi connectivity index (χ0n) is 18.3. The molecule has 1 saturated carbocycles. The number of rotatable bonds is 7. The fraction of sp³-hybridized carbons (Fsp3) is 0.333. The molecule has 0 bridgehead atoms. The van der Waals surface area contributed by atoms with Gasteiger partial charge < -0.3 is 9.88 Å². The molecule has 1 aromatic heterocycles. The van der Waals surface area contributed by atoms with Crippen molar-refractivity contribution in [2.45, 2.75) is 49.6 Å². The first-order valence-electron chi connectivity index (χ1n) is 11.0. The van der Waals surface area contributed by atoms with Gasteiger partial charge in [0.05, 0.1) is 17.3 Å². The van der Waals surface area contributed by atoms with Gasteiger partial charge in [-0.1, -0.05) is 12.1 Å². The lowest BCUT2D eigenvalue weighted by Gasteiger charge is -2.29. The van der Waals surface area contributed by atoms with Gasteiger partial charge in [0.1, 0.15) is 5.82 Å². The van der Waals surface area contributed by atoms with Crippen LogP contribution in [-0.4, -0.2) is 29.9 Å². The molecule has 1 aliphatic rings. The predicted molar refractivity (Wildman–Crippen MR) is 123 cm³/mol. The molecule has 1 amide bonds. The van der Waals surface area contributed by atoms with Gasteiger partial charge in [-0.3, -0.25) is 4.79 Å². The number of imidazole rings is 1. The number of benzene rings is 2. The number of carbonyl (C=O) groups is 1. The summed E-state index contributed by atoms with van der Waals surface area (Å²) in [5, 5.41) is 2.98. The lowest BCUT2D eigenvalue weighted by molar-refractivity contribution is -0.126. The number of hydrogen-bond donors (Lipinski definition) is 2. The zero-order valence-corrected chi connectivity index (χ0v) is 19.1. The van der Waals surface area contributed by atoms with E-state index >= 15 is 0 Å². The molecule has 7 nitrogen and oxygen atoms in total. The van der Waals surface area contributed by atoms with Crippen LogP contribution >= 0.6 is 0 Å². The van der Waals surface area contributed by atoms with Crippen molar-refractivity contribution in [1.29, 1.82) is 0 Å². The number of nitrogens with zero attached hydrogens (tertiary/aromatic N) is 2. The molecule has 1 fully saturated rings. The van der Waals surface area contributed by atoms with E-state index in [1.165, 1.54) is 12.1 Å². The van der Waals surface area contributed by atoms with Gasteiger partial charge >= 0.3 is 0 Å². The van der Waals surface area contributed by atoms with E-state index in [0.717, 1.165) is 11.3 Å². The Hall–Kier alpha value is -3.04. The van der Waals surface area contributed by atoms with Crippen molar-refractivity contribution in [1.82, 2.24) is 19.6 Å². The van der Waals surface area contributed by atoms with Crippen LogP contribution in [0.15, 0.2) is 72.1 Å². The Labute approximate surface area is 193 Å². The highest BCUT2D eigenvalue weighted by Gasteiger charge is 2.29. The van der Waals surface area contributed by atoms with Gasteiger partial charge in [-0.25, -0.2) is 22.5 Å². The molecular formula is C24H27FN4O3S. The molecule has 2 aromatic carbocycles. The number of aromatic nitrogens is 2. The van der Waals surface area contributed by atoms with E-state index in [0.29, 0.717) is 25.7 Å². The van der Waals surface area contributed by atoms with Crippen molar-refractivity contribution < 1.29 is 17.6 Å². The molecule has 9 heteroatoms. The summed E-state index contributed by atoms with van der Waals surface area (Å²) in [5.74, 6) is -0.529. The van der Waals surface area contributed by atoms with Crippen LogP contribution in [0.4, 0.5) is 4.39 Å². The first kappa shape index (κ1) is 23.1. The minimum Gasteiger partial charge on any atom is -0.349 e. The Morgan fingerprint density at radius 2 is 1.73 bits per heavy atom. The lowest BCUT2D eigenvalue weighted by atomic mass is 9.85. The molecule has 1 heterocycles. The number of halogens is 1. The van der Waals surface area contributed by atoms with Gasteiger partial charge in [0.25, 0.3) is 0 Å². The van der Waals surface area contributed by atoms with Crippen LogP contribution < -0.4 is 10.0 Å². The van der Waals surface area contributed by atoms with Gasteiger partial charge in [-0.05, 0) is 74.6 Å². The van der Waals surface area contributed by atoms with Crippen LogP contribution in [0, 0.1) is 11.7 Å². The molecule has 2 N–H and O–H groups in total. The summed E-state index contributed by atoms with van der Waals surface area (Å²) in [7, 11) is -3.65. The number of sulfonamides is 1. The topological polar surface area (TPSA) is 93.1 Å². The largest absolute Gasteiger partial charge is 0.349 e. The molecule has 0 radical (unpaired) electrons. The summed E-state index contributed by atoms with van der Waals surface area (Å²) in [6.45, 7) is 1.86. The van der Waals surface area contributed by atoms with Crippen molar-refractivity contribution in [3.05, 3.63) is 78.6 Å².